The molecule has 1 N–H and O–H groups in total. The van der Waals surface area contributed by atoms with Crippen LogP contribution in [0.15, 0.2) is 78.9 Å². The van der Waals surface area contributed by atoms with Gasteiger partial charge in [-0.3, -0.25) is 9.59 Å². The summed E-state index contributed by atoms with van der Waals surface area (Å²) in [4.78, 5) is 27.0. The maximum atomic E-state index is 12.5. The highest BCUT2D eigenvalue weighted by atomic mass is 16.5. The van der Waals surface area contributed by atoms with E-state index in [2.05, 4.69) is 18.7 Å². The number of methoxy groups -OCH3 is 1. The third-order valence-corrected chi connectivity index (χ3v) is 5.82. The molecule has 0 aromatic heterocycles. The fourth-order valence-electron chi connectivity index (χ4n) is 3.78. The lowest BCUT2D eigenvalue weighted by Crippen LogP contribution is -2.21. The molecule has 3 aromatic rings. The number of carbonyl (C=O) groups is 2. The monoisotopic (exact) mass is 499 g/mol. The predicted octanol–water partition coefficient (Wildman–Crippen LogP) is 6.08. The van der Waals surface area contributed by atoms with E-state index in [-0.39, 0.29) is 23.7 Å². The first-order valence-electron chi connectivity index (χ1n) is 12.3. The molecule has 0 aliphatic heterocycles. The molecule has 0 heterocycles. The maximum Gasteiger partial charge on any atom is 0.163 e. The van der Waals surface area contributed by atoms with Crippen LogP contribution in [0.2, 0.25) is 0 Å². The first kappa shape index (κ1) is 27.3. The second-order valence-corrected chi connectivity index (χ2v) is 8.38. The molecular weight excluding hydrogens is 466 g/mol. The number of hydrogen-bond acceptors (Lipinski definition) is 6. The fraction of sp³-hybridized carbons (Fsp3) is 0.226. The average Bonchev–Trinajstić information content (AvgIpc) is 2.91. The van der Waals surface area contributed by atoms with Crippen molar-refractivity contribution in [2.45, 2.75) is 26.9 Å². The van der Waals surface area contributed by atoms with E-state index in [1.54, 1.807) is 24.3 Å². The van der Waals surface area contributed by atoms with Crippen LogP contribution in [0.5, 0.6) is 17.2 Å². The molecule has 3 aromatic carbocycles. The Morgan fingerprint density at radius 2 is 1.57 bits per heavy atom. The van der Waals surface area contributed by atoms with Gasteiger partial charge in [-0.1, -0.05) is 42.5 Å². The van der Waals surface area contributed by atoms with Crippen LogP contribution in [0.4, 0.5) is 5.69 Å². The summed E-state index contributed by atoms with van der Waals surface area (Å²) in [5.41, 5.74) is 3.48. The van der Waals surface area contributed by atoms with E-state index in [4.69, 9.17) is 9.47 Å². The van der Waals surface area contributed by atoms with Crippen LogP contribution in [-0.4, -0.2) is 36.9 Å². The van der Waals surface area contributed by atoms with Crippen molar-refractivity contribution in [3.63, 3.8) is 0 Å². The zero-order chi connectivity index (χ0) is 26.6. The molecule has 0 bridgehead atoms. The van der Waals surface area contributed by atoms with Gasteiger partial charge in [0.15, 0.2) is 23.1 Å². The highest BCUT2D eigenvalue weighted by Gasteiger charge is 2.10. The summed E-state index contributed by atoms with van der Waals surface area (Å²) < 4.78 is 11.1. The second-order valence-electron chi connectivity index (χ2n) is 8.38. The third kappa shape index (κ3) is 8.10. The zero-order valence-electron chi connectivity index (χ0n) is 21.5. The molecule has 0 unspecified atom stereocenters. The molecule has 0 saturated heterocycles. The Balaban J connectivity index is 1.69. The van der Waals surface area contributed by atoms with Crippen molar-refractivity contribution < 1.29 is 24.2 Å². The SMILES string of the molecule is CCN(CC)c1ccc(C=CC(=O)CC(=O)C=Cc2ccc(OC)c(O)c2)c(OCc2ccccc2)c1. The molecule has 0 aliphatic rings. The third-order valence-electron chi connectivity index (χ3n) is 5.82. The van der Waals surface area contributed by atoms with Gasteiger partial charge in [0.1, 0.15) is 12.4 Å². The van der Waals surface area contributed by atoms with Crippen LogP contribution < -0.4 is 14.4 Å². The van der Waals surface area contributed by atoms with E-state index >= 15 is 0 Å². The van der Waals surface area contributed by atoms with Crippen molar-refractivity contribution in [1.29, 1.82) is 0 Å². The number of carbonyl (C=O) groups excluding carboxylic acids is 2. The van der Waals surface area contributed by atoms with Gasteiger partial charge < -0.3 is 19.5 Å². The number of hydrogen-bond donors (Lipinski definition) is 1. The minimum atomic E-state index is -0.331. The highest BCUT2D eigenvalue weighted by Crippen LogP contribution is 2.28. The lowest BCUT2D eigenvalue weighted by Gasteiger charge is -2.22. The number of benzene rings is 3. The van der Waals surface area contributed by atoms with Crippen LogP contribution in [0.1, 0.15) is 37.0 Å². The molecule has 3 rings (SSSR count). The Bertz CT molecular complexity index is 1260. The van der Waals surface area contributed by atoms with Crippen molar-refractivity contribution in [1.82, 2.24) is 0 Å². The largest absolute Gasteiger partial charge is 0.504 e. The van der Waals surface area contributed by atoms with Gasteiger partial charge in [0.25, 0.3) is 0 Å². The molecule has 6 nitrogen and oxygen atoms in total. The van der Waals surface area contributed by atoms with Crippen molar-refractivity contribution in [3.05, 3.63) is 95.6 Å². The summed E-state index contributed by atoms with van der Waals surface area (Å²) in [7, 11) is 1.46. The summed E-state index contributed by atoms with van der Waals surface area (Å²) in [5.74, 6) is 0.355. The lowest BCUT2D eigenvalue weighted by atomic mass is 10.1. The number of anilines is 1. The number of ketones is 2. The highest BCUT2D eigenvalue weighted by molar-refractivity contribution is 6.11. The van der Waals surface area contributed by atoms with Crippen LogP contribution in [0.25, 0.3) is 12.2 Å². The number of phenolic OH excluding ortho intramolecular Hbond substituents is 1. The zero-order valence-corrected chi connectivity index (χ0v) is 21.5. The van der Waals surface area contributed by atoms with Gasteiger partial charge in [0.05, 0.1) is 13.5 Å². The number of rotatable bonds is 13. The first-order chi connectivity index (χ1) is 17.9. The number of ether oxygens (including phenoxy) is 2. The molecule has 6 heteroatoms. The molecule has 37 heavy (non-hydrogen) atoms. The molecule has 192 valence electrons. The normalized spacial score (nSPS) is 11.1. The lowest BCUT2D eigenvalue weighted by molar-refractivity contribution is -0.121. The Kier molecular flexibility index (Phi) is 10.1. The van der Waals surface area contributed by atoms with Crippen molar-refractivity contribution in [2.75, 3.05) is 25.1 Å². The number of nitrogens with zero attached hydrogens (tertiary/aromatic N) is 1. The van der Waals surface area contributed by atoms with Crippen molar-refractivity contribution in [3.8, 4) is 17.2 Å². The van der Waals surface area contributed by atoms with Gasteiger partial charge in [0.2, 0.25) is 0 Å². The standard InChI is InChI=1S/C31H33NO5/c1-4-32(5-2)26-15-13-25(31(20-26)37-22-24-9-7-6-8-10-24)14-17-28(34)21-27(33)16-11-23-12-18-30(36-3)29(35)19-23/h6-20,35H,4-5,21-22H2,1-3H3. The Morgan fingerprint density at radius 1 is 0.865 bits per heavy atom. The van der Waals surface area contributed by atoms with Gasteiger partial charge >= 0.3 is 0 Å². The summed E-state index contributed by atoms with van der Waals surface area (Å²) in [6.07, 6.45) is 5.73. The average molecular weight is 500 g/mol. The molecule has 0 radical (unpaired) electrons. The Labute approximate surface area is 218 Å². The van der Waals surface area contributed by atoms with Gasteiger partial charge in [-0.25, -0.2) is 0 Å². The van der Waals surface area contributed by atoms with Crippen LogP contribution in [-0.2, 0) is 16.2 Å². The maximum absolute atomic E-state index is 12.5. The van der Waals surface area contributed by atoms with Crippen molar-refractivity contribution >= 4 is 29.4 Å². The van der Waals surface area contributed by atoms with Crippen molar-refractivity contribution in [2.24, 2.45) is 0 Å². The summed E-state index contributed by atoms with van der Waals surface area (Å²) >= 11 is 0. The minimum absolute atomic E-state index is 0.0200. The molecular formula is C31H33NO5. The second kappa shape index (κ2) is 13.7. The molecule has 0 aliphatic carbocycles. The van der Waals surface area contributed by atoms with Gasteiger partial charge in [-0.15, -0.1) is 0 Å². The fourth-order valence-corrected chi connectivity index (χ4v) is 3.78. The number of phenols is 1. The minimum Gasteiger partial charge on any atom is -0.504 e. The van der Waals surface area contributed by atoms with E-state index < -0.39 is 0 Å². The van der Waals surface area contributed by atoms with Gasteiger partial charge in [0, 0.05) is 30.4 Å². The number of aromatic hydroxyl groups is 1. The van der Waals surface area contributed by atoms with Crippen LogP contribution >= 0.6 is 0 Å². The topological polar surface area (TPSA) is 76.1 Å². The van der Waals surface area contributed by atoms with Crippen LogP contribution in [0.3, 0.4) is 0 Å². The van der Waals surface area contributed by atoms with Crippen LogP contribution in [0, 0.1) is 0 Å². The van der Waals surface area contributed by atoms with E-state index in [1.807, 2.05) is 48.5 Å². The molecule has 0 fully saturated rings. The van der Waals surface area contributed by atoms with E-state index in [1.165, 1.54) is 25.3 Å². The smallest absolute Gasteiger partial charge is 0.163 e. The quantitative estimate of drug-likeness (QED) is 0.227. The Morgan fingerprint density at radius 3 is 2.22 bits per heavy atom. The van der Waals surface area contributed by atoms with E-state index in [9.17, 15) is 14.7 Å². The molecule has 0 spiro atoms. The van der Waals surface area contributed by atoms with Gasteiger partial charge in [-0.05, 0) is 67.5 Å². The molecule has 0 saturated carbocycles. The number of allylic oxidation sites excluding steroid dienone is 2. The summed E-state index contributed by atoms with van der Waals surface area (Å²) in [6, 6.07) is 20.6. The molecule has 0 atom stereocenters. The Hall–Kier alpha value is -4.32. The summed E-state index contributed by atoms with van der Waals surface area (Å²) in [6.45, 7) is 6.34. The van der Waals surface area contributed by atoms with E-state index in [0.29, 0.717) is 23.7 Å². The van der Waals surface area contributed by atoms with Gasteiger partial charge in [-0.2, -0.15) is 0 Å². The summed E-state index contributed by atoms with van der Waals surface area (Å²) in [5, 5.41) is 9.86. The predicted molar refractivity (Wildman–Crippen MR) is 148 cm³/mol. The molecule has 0 amide bonds. The van der Waals surface area contributed by atoms with E-state index in [0.717, 1.165) is 29.9 Å². The first-order valence-corrected chi connectivity index (χ1v) is 12.3.